The molecule has 0 bridgehead atoms. The summed E-state index contributed by atoms with van der Waals surface area (Å²) in [5.41, 5.74) is 1.44. The van der Waals surface area contributed by atoms with E-state index in [-0.39, 0.29) is 24.1 Å². The second-order valence-corrected chi connectivity index (χ2v) is 7.91. The first-order valence-corrected chi connectivity index (χ1v) is 10.6. The van der Waals surface area contributed by atoms with Crippen LogP contribution in [0.15, 0.2) is 48.5 Å². The van der Waals surface area contributed by atoms with Crippen LogP contribution in [-0.2, 0) is 9.59 Å². The zero-order chi connectivity index (χ0) is 21.8. The van der Waals surface area contributed by atoms with E-state index in [1.165, 1.54) is 36.4 Å². The summed E-state index contributed by atoms with van der Waals surface area (Å²) in [5, 5.41) is 3.19. The first-order chi connectivity index (χ1) is 15.0. The van der Waals surface area contributed by atoms with Crippen molar-refractivity contribution in [2.24, 2.45) is 0 Å². The Kier molecular flexibility index (Phi) is 6.58. The van der Waals surface area contributed by atoms with Gasteiger partial charge in [-0.2, -0.15) is 0 Å². The Morgan fingerprint density at radius 2 is 1.42 bits per heavy atom. The number of piperazine rings is 1. The van der Waals surface area contributed by atoms with Crippen LogP contribution in [0.4, 0.5) is 20.2 Å². The molecule has 0 aromatic heterocycles. The van der Waals surface area contributed by atoms with Crippen LogP contribution in [0.2, 0.25) is 0 Å². The van der Waals surface area contributed by atoms with Gasteiger partial charge in [-0.1, -0.05) is 0 Å². The van der Waals surface area contributed by atoms with E-state index in [2.05, 4.69) is 15.1 Å². The number of hydrogen-bond acceptors (Lipinski definition) is 5. The average molecular weight is 428 g/mol. The molecule has 164 valence electrons. The zero-order valence-electron chi connectivity index (χ0n) is 17.3. The number of nitrogens with one attached hydrogen (secondary N) is 1. The fraction of sp³-hybridized carbons (Fsp3) is 0.391. The second kappa shape index (κ2) is 9.53. The standard InChI is InChI=1S/C23H26F2N4O2/c24-17-2-6-19(7-3-17)28-14-12-27(13-15-28)11-1-10-26-21-16-22(30)29(23(21)31)20-8-4-18(25)5-9-20/h2-9,21,26H,1,10-16H2/t21-/m0/s1. The highest BCUT2D eigenvalue weighted by molar-refractivity contribution is 6.22. The van der Waals surface area contributed by atoms with Gasteiger partial charge in [-0.15, -0.1) is 0 Å². The Morgan fingerprint density at radius 1 is 0.839 bits per heavy atom. The SMILES string of the molecule is O=C1C[C@H](NCCCN2CCN(c3ccc(F)cc3)CC2)C(=O)N1c1ccc(F)cc1. The molecule has 2 fully saturated rings. The van der Waals surface area contributed by atoms with Crippen molar-refractivity contribution in [2.75, 3.05) is 49.1 Å². The van der Waals surface area contributed by atoms with E-state index >= 15 is 0 Å². The first kappa shape index (κ1) is 21.4. The molecule has 0 saturated carbocycles. The van der Waals surface area contributed by atoms with E-state index < -0.39 is 11.9 Å². The summed E-state index contributed by atoms with van der Waals surface area (Å²) in [4.78, 5) is 30.6. The van der Waals surface area contributed by atoms with Gasteiger partial charge in [-0.3, -0.25) is 14.5 Å². The maximum Gasteiger partial charge on any atom is 0.251 e. The summed E-state index contributed by atoms with van der Waals surface area (Å²) in [6.07, 6.45) is 0.984. The van der Waals surface area contributed by atoms with Gasteiger partial charge in [0.15, 0.2) is 0 Å². The van der Waals surface area contributed by atoms with Crippen LogP contribution >= 0.6 is 0 Å². The van der Waals surface area contributed by atoms with E-state index in [1.807, 2.05) is 12.1 Å². The highest BCUT2D eigenvalue weighted by Gasteiger charge is 2.39. The van der Waals surface area contributed by atoms with E-state index in [9.17, 15) is 18.4 Å². The molecule has 0 aliphatic carbocycles. The number of hydrogen-bond donors (Lipinski definition) is 1. The average Bonchev–Trinajstić information content (AvgIpc) is 3.06. The summed E-state index contributed by atoms with van der Waals surface area (Å²) >= 11 is 0. The third-order valence-corrected chi connectivity index (χ3v) is 5.84. The lowest BCUT2D eigenvalue weighted by atomic mass is 10.2. The van der Waals surface area contributed by atoms with Crippen LogP contribution in [-0.4, -0.2) is 62.0 Å². The van der Waals surface area contributed by atoms with Crippen LogP contribution in [0, 0.1) is 11.6 Å². The van der Waals surface area contributed by atoms with Crippen molar-refractivity contribution >= 4 is 23.2 Å². The van der Waals surface area contributed by atoms with E-state index in [1.54, 1.807) is 0 Å². The topological polar surface area (TPSA) is 55.9 Å². The minimum Gasteiger partial charge on any atom is -0.369 e. The van der Waals surface area contributed by atoms with Crippen LogP contribution in [0.5, 0.6) is 0 Å². The van der Waals surface area contributed by atoms with Crippen LogP contribution in [0.3, 0.4) is 0 Å². The minimum absolute atomic E-state index is 0.118. The number of benzene rings is 2. The van der Waals surface area contributed by atoms with Crippen molar-refractivity contribution in [3.63, 3.8) is 0 Å². The summed E-state index contributed by atoms with van der Waals surface area (Å²) in [7, 11) is 0. The number of nitrogens with zero attached hydrogens (tertiary/aromatic N) is 3. The molecule has 2 saturated heterocycles. The third kappa shape index (κ3) is 5.08. The van der Waals surface area contributed by atoms with Gasteiger partial charge in [-0.25, -0.2) is 13.7 Å². The fourth-order valence-electron chi connectivity index (χ4n) is 4.11. The molecule has 2 aromatic carbocycles. The number of rotatable bonds is 7. The summed E-state index contributed by atoms with van der Waals surface area (Å²) in [6.45, 7) is 5.18. The largest absolute Gasteiger partial charge is 0.369 e. The minimum atomic E-state index is -0.534. The maximum atomic E-state index is 13.1. The van der Waals surface area contributed by atoms with Gasteiger partial charge in [-0.05, 0) is 68.0 Å². The molecular formula is C23H26F2N4O2. The van der Waals surface area contributed by atoms with Gasteiger partial charge in [0.1, 0.15) is 11.6 Å². The molecule has 2 aliphatic heterocycles. The summed E-state index contributed by atoms with van der Waals surface area (Å²) in [6, 6.07) is 11.4. The van der Waals surface area contributed by atoms with Crippen molar-refractivity contribution < 1.29 is 18.4 Å². The van der Waals surface area contributed by atoms with Crippen molar-refractivity contribution in [3.8, 4) is 0 Å². The lowest BCUT2D eigenvalue weighted by Crippen LogP contribution is -2.47. The molecule has 0 radical (unpaired) electrons. The Hall–Kier alpha value is -2.84. The van der Waals surface area contributed by atoms with E-state index in [0.29, 0.717) is 12.2 Å². The molecule has 0 spiro atoms. The normalized spacial score (nSPS) is 20.0. The number of anilines is 2. The van der Waals surface area contributed by atoms with Gasteiger partial charge in [0, 0.05) is 31.9 Å². The summed E-state index contributed by atoms with van der Waals surface area (Å²) in [5.74, 6) is -1.19. The van der Waals surface area contributed by atoms with Crippen LogP contribution in [0.1, 0.15) is 12.8 Å². The van der Waals surface area contributed by atoms with E-state index in [0.717, 1.165) is 49.7 Å². The van der Waals surface area contributed by atoms with Crippen molar-refractivity contribution in [1.29, 1.82) is 0 Å². The monoisotopic (exact) mass is 428 g/mol. The zero-order valence-corrected chi connectivity index (χ0v) is 17.3. The lowest BCUT2D eigenvalue weighted by molar-refractivity contribution is -0.121. The van der Waals surface area contributed by atoms with Gasteiger partial charge < -0.3 is 10.2 Å². The molecule has 2 heterocycles. The molecule has 8 heteroatoms. The Balaban J connectivity index is 1.18. The van der Waals surface area contributed by atoms with Crippen LogP contribution < -0.4 is 15.1 Å². The van der Waals surface area contributed by atoms with Crippen molar-refractivity contribution in [2.45, 2.75) is 18.9 Å². The predicted octanol–water partition coefficient (Wildman–Crippen LogP) is 2.40. The quantitative estimate of drug-likeness (QED) is 0.542. The van der Waals surface area contributed by atoms with Crippen molar-refractivity contribution in [3.05, 3.63) is 60.2 Å². The molecule has 2 aliphatic rings. The highest BCUT2D eigenvalue weighted by atomic mass is 19.1. The highest BCUT2D eigenvalue weighted by Crippen LogP contribution is 2.23. The predicted molar refractivity (Wildman–Crippen MR) is 115 cm³/mol. The van der Waals surface area contributed by atoms with Gasteiger partial charge in [0.25, 0.3) is 5.91 Å². The van der Waals surface area contributed by atoms with Crippen molar-refractivity contribution in [1.82, 2.24) is 10.2 Å². The third-order valence-electron chi connectivity index (χ3n) is 5.84. The fourth-order valence-corrected chi connectivity index (χ4v) is 4.11. The molecule has 6 nitrogen and oxygen atoms in total. The molecule has 0 unspecified atom stereocenters. The molecule has 2 aromatic rings. The van der Waals surface area contributed by atoms with Crippen LogP contribution in [0.25, 0.3) is 0 Å². The molecule has 1 N–H and O–H groups in total. The summed E-state index contributed by atoms with van der Waals surface area (Å²) < 4.78 is 26.2. The number of halogens is 2. The van der Waals surface area contributed by atoms with Gasteiger partial charge >= 0.3 is 0 Å². The van der Waals surface area contributed by atoms with Gasteiger partial charge in [0.05, 0.1) is 18.2 Å². The molecule has 31 heavy (non-hydrogen) atoms. The molecular weight excluding hydrogens is 402 g/mol. The number of imide groups is 1. The Morgan fingerprint density at radius 3 is 2.03 bits per heavy atom. The second-order valence-electron chi connectivity index (χ2n) is 7.91. The Labute approximate surface area is 180 Å². The Bertz CT molecular complexity index is 912. The molecule has 4 rings (SSSR count). The maximum absolute atomic E-state index is 13.1. The van der Waals surface area contributed by atoms with Gasteiger partial charge in [0.2, 0.25) is 5.91 Å². The number of carbonyl (C=O) groups is 2. The lowest BCUT2D eigenvalue weighted by Gasteiger charge is -2.36. The number of amides is 2. The first-order valence-electron chi connectivity index (χ1n) is 10.6. The number of carbonyl (C=O) groups excluding carboxylic acids is 2. The van der Waals surface area contributed by atoms with E-state index in [4.69, 9.17) is 0 Å². The molecule has 1 atom stereocenters. The molecule has 2 amide bonds. The smallest absolute Gasteiger partial charge is 0.251 e.